The summed E-state index contributed by atoms with van der Waals surface area (Å²) in [5.41, 5.74) is 3.23. The number of para-hydroxylation sites is 2. The van der Waals surface area contributed by atoms with Crippen LogP contribution in [-0.4, -0.2) is 24.3 Å². The number of benzene rings is 3. The number of aromatic nitrogens is 2. The Morgan fingerprint density at radius 1 is 0.970 bits per heavy atom. The number of carbonyl (C=O) groups excluding carboxylic acids is 1. The highest BCUT2D eigenvalue weighted by molar-refractivity contribution is 7.92. The van der Waals surface area contributed by atoms with E-state index in [4.69, 9.17) is 11.6 Å². The number of hydrogen-bond acceptors (Lipinski definition) is 5. The average molecular weight is 479 g/mol. The number of sulfonamides is 1. The summed E-state index contributed by atoms with van der Waals surface area (Å²) >= 11 is 5.94. The van der Waals surface area contributed by atoms with Crippen LogP contribution >= 0.6 is 11.6 Å². The first-order valence-corrected chi connectivity index (χ1v) is 11.8. The van der Waals surface area contributed by atoms with Crippen molar-refractivity contribution >= 4 is 56.0 Å². The Bertz CT molecular complexity index is 1490. The number of hydrogen-bond donors (Lipinski definition) is 2. The van der Waals surface area contributed by atoms with Crippen molar-refractivity contribution in [2.75, 3.05) is 10.0 Å². The molecule has 0 spiro atoms. The van der Waals surface area contributed by atoms with Crippen LogP contribution < -0.4 is 10.0 Å². The molecule has 2 N–H and O–H groups in total. The molecular weight excluding hydrogens is 460 g/mol. The Morgan fingerprint density at radius 2 is 1.76 bits per heavy atom. The van der Waals surface area contributed by atoms with Crippen molar-refractivity contribution in [3.05, 3.63) is 95.3 Å². The first kappa shape index (κ1) is 22.4. The van der Waals surface area contributed by atoms with Crippen LogP contribution in [-0.2, 0) is 14.8 Å². The van der Waals surface area contributed by atoms with E-state index in [-0.39, 0.29) is 4.90 Å². The van der Waals surface area contributed by atoms with E-state index in [0.29, 0.717) is 27.7 Å². The highest BCUT2D eigenvalue weighted by Gasteiger charge is 2.18. The molecule has 0 aliphatic heterocycles. The van der Waals surface area contributed by atoms with E-state index < -0.39 is 15.9 Å². The second-order valence-electron chi connectivity index (χ2n) is 7.20. The second kappa shape index (κ2) is 9.40. The van der Waals surface area contributed by atoms with Crippen LogP contribution in [0.2, 0.25) is 5.02 Å². The van der Waals surface area contributed by atoms with Crippen LogP contribution in [0.25, 0.3) is 17.1 Å². The minimum Gasteiger partial charge on any atom is -0.322 e. The van der Waals surface area contributed by atoms with Gasteiger partial charge in [-0.25, -0.2) is 13.4 Å². The van der Waals surface area contributed by atoms with Crippen molar-refractivity contribution in [1.29, 1.82) is 0 Å². The van der Waals surface area contributed by atoms with Gasteiger partial charge in [0.2, 0.25) is 5.91 Å². The predicted molar refractivity (Wildman–Crippen MR) is 131 cm³/mol. The van der Waals surface area contributed by atoms with Gasteiger partial charge in [-0.05, 0) is 61.0 Å². The molecule has 0 saturated heterocycles. The van der Waals surface area contributed by atoms with Crippen LogP contribution in [0.3, 0.4) is 0 Å². The van der Waals surface area contributed by atoms with Crippen molar-refractivity contribution in [2.24, 2.45) is 0 Å². The number of amides is 1. The maximum atomic E-state index is 12.9. The lowest BCUT2D eigenvalue weighted by Crippen LogP contribution is -2.15. The summed E-state index contributed by atoms with van der Waals surface area (Å²) in [7, 11) is -3.89. The Kier molecular flexibility index (Phi) is 6.39. The lowest BCUT2D eigenvalue weighted by Gasteiger charge is -2.12. The molecule has 166 valence electrons. The number of nitrogens with zero attached hydrogens (tertiary/aromatic N) is 2. The van der Waals surface area contributed by atoms with E-state index in [1.165, 1.54) is 18.2 Å². The van der Waals surface area contributed by atoms with Crippen LogP contribution in [0.15, 0.2) is 83.9 Å². The second-order valence-corrected chi connectivity index (χ2v) is 9.29. The Balaban J connectivity index is 1.50. The number of fused-ring (bicyclic) bond motifs is 1. The fourth-order valence-electron chi connectivity index (χ4n) is 3.13. The fourth-order valence-corrected chi connectivity index (χ4v) is 4.64. The van der Waals surface area contributed by atoms with E-state index in [1.54, 1.807) is 49.5 Å². The van der Waals surface area contributed by atoms with Gasteiger partial charge >= 0.3 is 0 Å². The summed E-state index contributed by atoms with van der Waals surface area (Å²) in [4.78, 5) is 21.2. The van der Waals surface area contributed by atoms with Gasteiger partial charge in [0.15, 0.2) is 0 Å². The Morgan fingerprint density at radius 3 is 2.55 bits per heavy atom. The molecule has 3 aromatic carbocycles. The highest BCUT2D eigenvalue weighted by Crippen LogP contribution is 2.24. The maximum absolute atomic E-state index is 12.9. The van der Waals surface area contributed by atoms with E-state index in [2.05, 4.69) is 20.0 Å². The topological polar surface area (TPSA) is 101 Å². The van der Waals surface area contributed by atoms with Gasteiger partial charge < -0.3 is 5.32 Å². The predicted octanol–water partition coefficient (Wildman–Crippen LogP) is 5.04. The summed E-state index contributed by atoms with van der Waals surface area (Å²) in [6.07, 6.45) is 4.43. The molecule has 0 fully saturated rings. The van der Waals surface area contributed by atoms with Crippen molar-refractivity contribution in [3.8, 4) is 0 Å². The molecule has 9 heteroatoms. The molecular formula is C24H19ClN4O3S. The summed E-state index contributed by atoms with van der Waals surface area (Å²) < 4.78 is 28.3. The number of nitrogens with one attached hydrogen (secondary N) is 2. The lowest BCUT2D eigenvalue weighted by atomic mass is 10.2. The van der Waals surface area contributed by atoms with Crippen molar-refractivity contribution in [1.82, 2.24) is 9.97 Å². The monoisotopic (exact) mass is 478 g/mol. The molecule has 0 atom stereocenters. The smallest absolute Gasteiger partial charge is 0.262 e. The van der Waals surface area contributed by atoms with Crippen LogP contribution in [0.4, 0.5) is 11.4 Å². The van der Waals surface area contributed by atoms with Crippen LogP contribution in [0.1, 0.15) is 11.3 Å². The van der Waals surface area contributed by atoms with Gasteiger partial charge in [-0.1, -0.05) is 35.9 Å². The average Bonchev–Trinajstić information content (AvgIpc) is 2.78. The number of anilines is 2. The molecule has 1 aromatic heterocycles. The zero-order valence-corrected chi connectivity index (χ0v) is 19.1. The van der Waals surface area contributed by atoms with Crippen LogP contribution in [0, 0.1) is 6.92 Å². The van der Waals surface area contributed by atoms with Gasteiger partial charge in [-0.15, -0.1) is 0 Å². The molecule has 7 nitrogen and oxygen atoms in total. The molecule has 0 bridgehead atoms. The van der Waals surface area contributed by atoms with E-state index in [0.717, 1.165) is 11.0 Å². The summed E-state index contributed by atoms with van der Waals surface area (Å²) in [5, 5.41) is 3.09. The van der Waals surface area contributed by atoms with Crippen molar-refractivity contribution in [2.45, 2.75) is 11.8 Å². The minimum absolute atomic E-state index is 0.0460. The Hall–Kier alpha value is -3.75. The van der Waals surface area contributed by atoms with Gasteiger partial charge in [0.05, 0.1) is 33.5 Å². The number of aryl methyl sites for hydroxylation is 1. The molecule has 1 heterocycles. The standard InChI is InChI=1S/C24H19ClN4O3S/c1-16-9-10-18(14-23(16)33(31,32)29-19-6-4-5-17(25)13-19)28-24(30)12-11-20-15-26-21-7-2-3-8-22(21)27-20/h2-15,29H,1H3,(H,28,30)/b12-11+. The lowest BCUT2D eigenvalue weighted by molar-refractivity contribution is -0.111. The number of halogens is 1. The zero-order chi connectivity index (χ0) is 23.4. The minimum atomic E-state index is -3.89. The number of carbonyl (C=O) groups is 1. The largest absolute Gasteiger partial charge is 0.322 e. The molecule has 4 aromatic rings. The van der Waals surface area contributed by atoms with Gasteiger partial charge in [0.25, 0.3) is 10.0 Å². The highest BCUT2D eigenvalue weighted by atomic mass is 35.5. The number of rotatable bonds is 6. The molecule has 1 amide bonds. The molecule has 0 saturated carbocycles. The molecule has 0 unspecified atom stereocenters. The fraction of sp³-hybridized carbons (Fsp3) is 0.0417. The van der Waals surface area contributed by atoms with E-state index in [9.17, 15) is 13.2 Å². The SMILES string of the molecule is Cc1ccc(NC(=O)/C=C/c2cnc3ccccc3n2)cc1S(=O)(=O)Nc1cccc(Cl)c1. The van der Waals surface area contributed by atoms with Crippen LogP contribution in [0.5, 0.6) is 0 Å². The molecule has 4 rings (SSSR count). The van der Waals surface area contributed by atoms with Gasteiger partial charge in [-0.3, -0.25) is 14.5 Å². The quantitative estimate of drug-likeness (QED) is 0.378. The first-order valence-electron chi connectivity index (χ1n) is 9.90. The summed E-state index contributed by atoms with van der Waals surface area (Å²) in [6, 6.07) is 18.5. The zero-order valence-electron chi connectivity index (χ0n) is 17.5. The summed E-state index contributed by atoms with van der Waals surface area (Å²) in [6.45, 7) is 1.68. The Labute approximate surface area is 196 Å². The van der Waals surface area contributed by atoms with Gasteiger partial charge in [-0.2, -0.15) is 0 Å². The maximum Gasteiger partial charge on any atom is 0.262 e. The van der Waals surface area contributed by atoms with Crippen molar-refractivity contribution < 1.29 is 13.2 Å². The van der Waals surface area contributed by atoms with Gasteiger partial charge in [0.1, 0.15) is 0 Å². The first-order chi connectivity index (χ1) is 15.8. The molecule has 0 radical (unpaired) electrons. The van der Waals surface area contributed by atoms with E-state index in [1.807, 2.05) is 24.3 Å². The van der Waals surface area contributed by atoms with Gasteiger partial charge in [0, 0.05) is 16.8 Å². The molecule has 33 heavy (non-hydrogen) atoms. The third-order valence-corrected chi connectivity index (χ3v) is 6.45. The molecule has 0 aliphatic rings. The third kappa shape index (κ3) is 5.54. The van der Waals surface area contributed by atoms with E-state index >= 15 is 0 Å². The normalized spacial score (nSPS) is 11.6. The summed E-state index contributed by atoms with van der Waals surface area (Å²) in [5.74, 6) is -0.431. The molecule has 0 aliphatic carbocycles. The third-order valence-electron chi connectivity index (χ3n) is 4.69. The van der Waals surface area contributed by atoms with Crippen molar-refractivity contribution in [3.63, 3.8) is 0 Å².